The lowest BCUT2D eigenvalue weighted by Gasteiger charge is -2.33. The molecule has 0 radical (unpaired) electrons. The third kappa shape index (κ3) is 5.09. The van der Waals surface area contributed by atoms with Crippen LogP contribution in [0.5, 0.6) is 5.75 Å². The van der Waals surface area contributed by atoms with Gasteiger partial charge >= 0.3 is 0 Å². The van der Waals surface area contributed by atoms with Gasteiger partial charge in [-0.25, -0.2) is 0 Å². The third-order valence-corrected chi connectivity index (χ3v) is 6.02. The van der Waals surface area contributed by atoms with E-state index in [0.717, 1.165) is 46.7 Å². The molecule has 1 atom stereocenters. The van der Waals surface area contributed by atoms with E-state index in [4.69, 9.17) is 4.74 Å². The van der Waals surface area contributed by atoms with Crippen LogP contribution >= 0.6 is 23.1 Å². The summed E-state index contributed by atoms with van der Waals surface area (Å²) in [5.41, 5.74) is 1.05. The highest BCUT2D eigenvalue weighted by Crippen LogP contribution is 2.23. The Kier molecular flexibility index (Phi) is 6.14. The number of anilines is 1. The highest BCUT2D eigenvalue weighted by Gasteiger charge is 2.23. The zero-order chi connectivity index (χ0) is 17.6. The van der Waals surface area contributed by atoms with Crippen LogP contribution in [-0.2, 0) is 4.79 Å². The summed E-state index contributed by atoms with van der Waals surface area (Å²) in [4.78, 5) is 14.4. The largest absolute Gasteiger partial charge is 0.497 e. The molecule has 0 unspecified atom stereocenters. The van der Waals surface area contributed by atoms with Gasteiger partial charge in [0.25, 0.3) is 0 Å². The first-order valence-corrected chi connectivity index (χ1v) is 10.1. The molecule has 1 aromatic heterocycles. The number of likely N-dealkylation sites (tertiary alicyclic amines) is 1. The number of amides is 1. The van der Waals surface area contributed by atoms with Crippen molar-refractivity contribution in [3.05, 3.63) is 29.3 Å². The van der Waals surface area contributed by atoms with Crippen LogP contribution in [0, 0.1) is 6.92 Å². The van der Waals surface area contributed by atoms with Crippen LogP contribution in [0.3, 0.4) is 0 Å². The van der Waals surface area contributed by atoms with Gasteiger partial charge in [-0.2, -0.15) is 0 Å². The Morgan fingerprint density at radius 2 is 2.20 bits per heavy atom. The van der Waals surface area contributed by atoms with E-state index in [0.29, 0.717) is 5.75 Å². The number of hydrogen-bond acceptors (Lipinski definition) is 7. The minimum Gasteiger partial charge on any atom is -0.497 e. The molecule has 6 nitrogen and oxygen atoms in total. The maximum Gasteiger partial charge on any atom is 0.233 e. The first-order chi connectivity index (χ1) is 12.1. The second-order valence-corrected chi connectivity index (χ2v) is 8.33. The summed E-state index contributed by atoms with van der Waals surface area (Å²) in [6.07, 6.45) is 2.08. The SMILES string of the molecule is COc1ccc(N[C@@H]2CCCN(C(=O)CSc3nnc(C)s3)C2)cc1. The molecule has 1 aliphatic rings. The Labute approximate surface area is 156 Å². The van der Waals surface area contributed by atoms with Gasteiger partial charge in [0.1, 0.15) is 10.8 Å². The first-order valence-electron chi connectivity index (χ1n) is 8.25. The van der Waals surface area contributed by atoms with Crippen molar-refractivity contribution in [1.29, 1.82) is 0 Å². The van der Waals surface area contributed by atoms with Crippen LogP contribution in [0.15, 0.2) is 28.6 Å². The van der Waals surface area contributed by atoms with E-state index in [1.165, 1.54) is 23.1 Å². The van der Waals surface area contributed by atoms with Gasteiger partial charge in [-0.1, -0.05) is 23.1 Å². The molecule has 2 aromatic rings. The summed E-state index contributed by atoms with van der Waals surface area (Å²) in [5, 5.41) is 12.5. The molecule has 1 saturated heterocycles. The van der Waals surface area contributed by atoms with Crippen LogP contribution in [0.4, 0.5) is 5.69 Å². The maximum absolute atomic E-state index is 12.5. The van der Waals surface area contributed by atoms with Crippen molar-refractivity contribution in [3.8, 4) is 5.75 Å². The molecule has 0 spiro atoms. The van der Waals surface area contributed by atoms with E-state index in [2.05, 4.69) is 15.5 Å². The smallest absolute Gasteiger partial charge is 0.233 e. The number of rotatable bonds is 6. The number of aromatic nitrogens is 2. The lowest BCUT2D eigenvalue weighted by molar-refractivity contribution is -0.129. The second kappa shape index (κ2) is 8.53. The number of ether oxygens (including phenoxy) is 1. The molecule has 1 aromatic carbocycles. The summed E-state index contributed by atoms with van der Waals surface area (Å²) in [7, 11) is 1.66. The Morgan fingerprint density at radius 1 is 1.40 bits per heavy atom. The molecule has 8 heteroatoms. The summed E-state index contributed by atoms with van der Waals surface area (Å²) in [6.45, 7) is 3.49. The molecule has 1 fully saturated rings. The minimum absolute atomic E-state index is 0.166. The van der Waals surface area contributed by atoms with Gasteiger partial charge in [-0.05, 0) is 44.0 Å². The average molecular weight is 379 g/mol. The predicted molar refractivity (Wildman–Crippen MR) is 102 cm³/mol. The number of methoxy groups -OCH3 is 1. The van der Waals surface area contributed by atoms with Crippen molar-refractivity contribution in [1.82, 2.24) is 15.1 Å². The Morgan fingerprint density at radius 3 is 2.88 bits per heavy atom. The van der Waals surface area contributed by atoms with E-state index >= 15 is 0 Å². The summed E-state index contributed by atoms with van der Waals surface area (Å²) >= 11 is 3.00. The van der Waals surface area contributed by atoms with Crippen LogP contribution in [0.1, 0.15) is 17.8 Å². The van der Waals surface area contributed by atoms with Crippen molar-refractivity contribution in [2.45, 2.75) is 30.1 Å². The van der Waals surface area contributed by atoms with Crippen LogP contribution < -0.4 is 10.1 Å². The average Bonchev–Trinajstić information content (AvgIpc) is 3.06. The number of hydrogen-bond donors (Lipinski definition) is 1. The van der Waals surface area contributed by atoms with E-state index in [-0.39, 0.29) is 11.9 Å². The topological polar surface area (TPSA) is 67.3 Å². The van der Waals surface area contributed by atoms with Gasteiger partial charge in [-0.3, -0.25) is 4.79 Å². The van der Waals surface area contributed by atoms with Crippen molar-refractivity contribution in [2.24, 2.45) is 0 Å². The molecule has 25 heavy (non-hydrogen) atoms. The molecular formula is C17H22N4O2S2. The number of benzene rings is 1. The standard InChI is InChI=1S/C17H22N4O2S2/c1-12-19-20-17(25-12)24-11-16(22)21-9-3-4-14(10-21)18-13-5-7-15(23-2)8-6-13/h5-8,14,18H,3-4,9-11H2,1-2H3/t14-/m1/s1. The minimum atomic E-state index is 0.166. The highest BCUT2D eigenvalue weighted by molar-refractivity contribution is 8.01. The Bertz CT molecular complexity index is 705. The van der Waals surface area contributed by atoms with Gasteiger partial charge in [0.2, 0.25) is 5.91 Å². The lowest BCUT2D eigenvalue weighted by Crippen LogP contribution is -2.45. The number of carbonyl (C=O) groups excluding carboxylic acids is 1. The van der Waals surface area contributed by atoms with Crippen LogP contribution in [0.2, 0.25) is 0 Å². The van der Waals surface area contributed by atoms with Crippen LogP contribution in [0.25, 0.3) is 0 Å². The highest BCUT2D eigenvalue weighted by atomic mass is 32.2. The molecule has 1 amide bonds. The van der Waals surface area contributed by atoms with Crippen molar-refractivity contribution < 1.29 is 9.53 Å². The van der Waals surface area contributed by atoms with E-state index in [1.54, 1.807) is 7.11 Å². The van der Waals surface area contributed by atoms with Gasteiger partial charge < -0.3 is 15.0 Å². The summed E-state index contributed by atoms with van der Waals surface area (Å²) in [5.74, 6) is 1.43. The van der Waals surface area contributed by atoms with Crippen molar-refractivity contribution >= 4 is 34.7 Å². The molecule has 0 bridgehead atoms. The third-order valence-electron chi connectivity index (χ3n) is 4.06. The number of carbonyl (C=O) groups is 1. The number of piperidine rings is 1. The van der Waals surface area contributed by atoms with E-state index in [1.807, 2.05) is 36.1 Å². The fraction of sp³-hybridized carbons (Fsp3) is 0.471. The number of thioether (sulfide) groups is 1. The maximum atomic E-state index is 12.5. The molecular weight excluding hydrogens is 356 g/mol. The van der Waals surface area contributed by atoms with Gasteiger partial charge in [0, 0.05) is 24.8 Å². The van der Waals surface area contributed by atoms with Gasteiger partial charge in [0.15, 0.2) is 4.34 Å². The monoisotopic (exact) mass is 378 g/mol. The first kappa shape index (κ1) is 18.0. The molecule has 134 valence electrons. The summed E-state index contributed by atoms with van der Waals surface area (Å²) in [6, 6.07) is 8.17. The fourth-order valence-corrected chi connectivity index (χ4v) is 4.51. The number of aryl methyl sites for hydroxylation is 1. The number of nitrogens with zero attached hydrogens (tertiary/aromatic N) is 3. The normalized spacial score (nSPS) is 17.4. The number of nitrogens with one attached hydrogen (secondary N) is 1. The zero-order valence-corrected chi connectivity index (χ0v) is 16.0. The Balaban J connectivity index is 1.50. The van der Waals surface area contributed by atoms with Gasteiger partial charge in [0.05, 0.1) is 12.9 Å². The van der Waals surface area contributed by atoms with Crippen molar-refractivity contribution in [2.75, 3.05) is 31.3 Å². The summed E-state index contributed by atoms with van der Waals surface area (Å²) < 4.78 is 6.04. The molecule has 0 aliphatic carbocycles. The van der Waals surface area contributed by atoms with E-state index < -0.39 is 0 Å². The molecule has 1 N–H and O–H groups in total. The quantitative estimate of drug-likeness (QED) is 0.780. The molecule has 2 heterocycles. The van der Waals surface area contributed by atoms with Gasteiger partial charge in [-0.15, -0.1) is 10.2 Å². The zero-order valence-electron chi connectivity index (χ0n) is 14.4. The van der Waals surface area contributed by atoms with Crippen LogP contribution in [-0.4, -0.2) is 53.0 Å². The Hall–Kier alpha value is -1.80. The van der Waals surface area contributed by atoms with E-state index in [9.17, 15) is 4.79 Å². The molecule has 1 aliphatic heterocycles. The molecule has 0 saturated carbocycles. The second-order valence-electron chi connectivity index (χ2n) is 5.93. The molecule has 3 rings (SSSR count). The van der Waals surface area contributed by atoms with Crippen molar-refractivity contribution in [3.63, 3.8) is 0 Å². The predicted octanol–water partition coefficient (Wildman–Crippen LogP) is 3.05. The fourth-order valence-electron chi connectivity index (χ4n) is 2.80. The lowest BCUT2D eigenvalue weighted by atomic mass is 10.1.